The van der Waals surface area contributed by atoms with Crippen molar-refractivity contribution in [1.29, 1.82) is 0 Å². The third-order valence-corrected chi connectivity index (χ3v) is 2.37. The number of hydrogen-bond acceptors (Lipinski definition) is 2. The predicted octanol–water partition coefficient (Wildman–Crippen LogP) is 1.51. The van der Waals surface area contributed by atoms with Gasteiger partial charge in [-0.2, -0.15) is 0 Å². The first kappa shape index (κ1) is 9.01. The molecule has 66 valence electrons. The Morgan fingerprint density at radius 1 is 1.55 bits per heavy atom. The van der Waals surface area contributed by atoms with Crippen LogP contribution in [-0.4, -0.2) is 36.7 Å². The first-order chi connectivity index (χ1) is 5.25. The highest BCUT2D eigenvalue weighted by Gasteiger charge is 2.29. The van der Waals surface area contributed by atoms with Gasteiger partial charge in [-0.25, -0.2) is 0 Å². The van der Waals surface area contributed by atoms with Crippen LogP contribution in [0.1, 0.15) is 27.2 Å². The Morgan fingerprint density at radius 3 is 2.64 bits per heavy atom. The van der Waals surface area contributed by atoms with Crippen molar-refractivity contribution in [2.75, 3.05) is 19.8 Å². The molecule has 0 radical (unpaired) electrons. The molecule has 1 fully saturated rings. The second-order valence-electron chi connectivity index (χ2n) is 3.43. The van der Waals surface area contributed by atoms with E-state index in [0.29, 0.717) is 12.1 Å². The number of rotatable bonds is 4. The largest absolute Gasteiger partial charge is 0.380 e. The van der Waals surface area contributed by atoms with Crippen LogP contribution in [-0.2, 0) is 4.74 Å². The van der Waals surface area contributed by atoms with E-state index in [1.165, 1.54) is 13.0 Å². The third kappa shape index (κ3) is 2.17. The smallest absolute Gasteiger partial charge is 0.0622 e. The van der Waals surface area contributed by atoms with E-state index in [-0.39, 0.29) is 0 Å². The molecule has 2 nitrogen and oxygen atoms in total. The summed E-state index contributed by atoms with van der Waals surface area (Å²) in [6, 6.07) is 1.39. The van der Waals surface area contributed by atoms with Crippen LogP contribution in [0.15, 0.2) is 0 Å². The van der Waals surface area contributed by atoms with Crippen LogP contribution in [0.3, 0.4) is 0 Å². The number of nitrogens with zero attached hydrogens (tertiary/aromatic N) is 1. The molecule has 1 rings (SSSR count). The predicted molar refractivity (Wildman–Crippen MR) is 46.7 cm³/mol. The molecule has 0 saturated carbocycles. The van der Waals surface area contributed by atoms with E-state index < -0.39 is 0 Å². The lowest BCUT2D eigenvalue weighted by Gasteiger charge is -2.43. The lowest BCUT2D eigenvalue weighted by atomic mass is 10.0. The van der Waals surface area contributed by atoms with Gasteiger partial charge in [0.2, 0.25) is 0 Å². The van der Waals surface area contributed by atoms with E-state index in [0.717, 1.165) is 13.2 Å². The molecule has 0 bridgehead atoms. The zero-order chi connectivity index (χ0) is 8.27. The summed E-state index contributed by atoms with van der Waals surface area (Å²) in [6.07, 6.45) is 1.32. The molecule has 0 aromatic rings. The highest BCUT2D eigenvalue weighted by Crippen LogP contribution is 2.20. The summed E-state index contributed by atoms with van der Waals surface area (Å²) in [5, 5.41) is 0. The molecule has 0 aliphatic carbocycles. The second-order valence-corrected chi connectivity index (χ2v) is 3.43. The lowest BCUT2D eigenvalue weighted by molar-refractivity contribution is -0.00954. The van der Waals surface area contributed by atoms with E-state index >= 15 is 0 Å². The maximum absolute atomic E-state index is 5.38. The zero-order valence-corrected chi connectivity index (χ0v) is 7.84. The van der Waals surface area contributed by atoms with Crippen LogP contribution >= 0.6 is 0 Å². The summed E-state index contributed by atoms with van der Waals surface area (Å²) >= 11 is 0. The van der Waals surface area contributed by atoms with Crippen molar-refractivity contribution in [1.82, 2.24) is 4.90 Å². The van der Waals surface area contributed by atoms with Crippen molar-refractivity contribution >= 4 is 0 Å². The van der Waals surface area contributed by atoms with Crippen molar-refractivity contribution in [3.8, 4) is 0 Å². The van der Waals surface area contributed by atoms with Crippen molar-refractivity contribution < 1.29 is 4.74 Å². The fourth-order valence-electron chi connectivity index (χ4n) is 1.57. The SMILES string of the molecule is CCOC[C@@H]1CCN1C(C)C. The average Bonchev–Trinajstić information content (AvgIpc) is 1.84. The molecule has 1 atom stereocenters. The highest BCUT2D eigenvalue weighted by atomic mass is 16.5. The second kappa shape index (κ2) is 4.07. The standard InChI is InChI=1S/C9H19NO/c1-4-11-7-9-5-6-10(9)8(2)3/h8-9H,4-7H2,1-3H3/t9-/m0/s1. The molecule has 0 aromatic carbocycles. The molecule has 1 aliphatic heterocycles. The lowest BCUT2D eigenvalue weighted by Crippen LogP contribution is -2.53. The van der Waals surface area contributed by atoms with E-state index in [2.05, 4.69) is 25.7 Å². The molecule has 0 unspecified atom stereocenters. The van der Waals surface area contributed by atoms with Gasteiger partial charge in [-0.05, 0) is 27.2 Å². The van der Waals surface area contributed by atoms with Crippen molar-refractivity contribution in [3.05, 3.63) is 0 Å². The topological polar surface area (TPSA) is 12.5 Å². The highest BCUT2D eigenvalue weighted by molar-refractivity contribution is 4.84. The Morgan fingerprint density at radius 2 is 2.27 bits per heavy atom. The molecule has 0 spiro atoms. The van der Waals surface area contributed by atoms with Gasteiger partial charge in [0.15, 0.2) is 0 Å². The van der Waals surface area contributed by atoms with Gasteiger partial charge in [0.05, 0.1) is 6.61 Å². The molecule has 1 aliphatic rings. The number of ether oxygens (including phenoxy) is 1. The van der Waals surface area contributed by atoms with Crippen molar-refractivity contribution in [2.24, 2.45) is 0 Å². The molecular weight excluding hydrogens is 138 g/mol. The minimum absolute atomic E-state index is 0.689. The Bertz CT molecular complexity index is 114. The van der Waals surface area contributed by atoms with Gasteiger partial charge in [0, 0.05) is 25.2 Å². The van der Waals surface area contributed by atoms with Crippen molar-refractivity contribution in [3.63, 3.8) is 0 Å². The van der Waals surface area contributed by atoms with Crippen LogP contribution in [0.2, 0.25) is 0 Å². The van der Waals surface area contributed by atoms with Gasteiger partial charge in [0.25, 0.3) is 0 Å². The molecule has 1 heterocycles. The Hall–Kier alpha value is -0.0800. The van der Waals surface area contributed by atoms with Gasteiger partial charge in [-0.1, -0.05) is 0 Å². The number of likely N-dealkylation sites (tertiary alicyclic amines) is 1. The Balaban J connectivity index is 2.15. The molecule has 0 aromatic heterocycles. The third-order valence-electron chi connectivity index (χ3n) is 2.37. The minimum Gasteiger partial charge on any atom is -0.380 e. The van der Waals surface area contributed by atoms with Crippen LogP contribution < -0.4 is 0 Å². The fourth-order valence-corrected chi connectivity index (χ4v) is 1.57. The summed E-state index contributed by atoms with van der Waals surface area (Å²) < 4.78 is 5.38. The van der Waals surface area contributed by atoms with Gasteiger partial charge in [0.1, 0.15) is 0 Å². The molecule has 0 amide bonds. The van der Waals surface area contributed by atoms with E-state index in [1.54, 1.807) is 0 Å². The maximum Gasteiger partial charge on any atom is 0.0622 e. The van der Waals surface area contributed by atoms with Gasteiger partial charge >= 0.3 is 0 Å². The van der Waals surface area contributed by atoms with Gasteiger partial charge < -0.3 is 4.74 Å². The molecule has 0 N–H and O–H groups in total. The number of hydrogen-bond donors (Lipinski definition) is 0. The maximum atomic E-state index is 5.38. The summed E-state index contributed by atoms with van der Waals surface area (Å²) in [4.78, 5) is 2.50. The van der Waals surface area contributed by atoms with Crippen LogP contribution in [0.4, 0.5) is 0 Å². The Labute approximate surface area is 69.5 Å². The van der Waals surface area contributed by atoms with E-state index in [1.807, 2.05) is 0 Å². The van der Waals surface area contributed by atoms with Gasteiger partial charge in [-0.3, -0.25) is 4.90 Å². The van der Waals surface area contributed by atoms with Crippen LogP contribution in [0.25, 0.3) is 0 Å². The Kier molecular flexibility index (Phi) is 3.34. The van der Waals surface area contributed by atoms with E-state index in [9.17, 15) is 0 Å². The fraction of sp³-hybridized carbons (Fsp3) is 1.00. The monoisotopic (exact) mass is 157 g/mol. The van der Waals surface area contributed by atoms with Gasteiger partial charge in [-0.15, -0.1) is 0 Å². The van der Waals surface area contributed by atoms with Crippen molar-refractivity contribution in [2.45, 2.75) is 39.3 Å². The average molecular weight is 157 g/mol. The molecular formula is C9H19NO. The quantitative estimate of drug-likeness (QED) is 0.613. The minimum atomic E-state index is 0.689. The first-order valence-corrected chi connectivity index (χ1v) is 4.59. The summed E-state index contributed by atoms with van der Waals surface area (Å²) in [6.45, 7) is 9.58. The van der Waals surface area contributed by atoms with Crippen LogP contribution in [0, 0.1) is 0 Å². The zero-order valence-electron chi connectivity index (χ0n) is 7.84. The first-order valence-electron chi connectivity index (χ1n) is 4.59. The van der Waals surface area contributed by atoms with E-state index in [4.69, 9.17) is 4.74 Å². The molecule has 2 heteroatoms. The summed E-state index contributed by atoms with van der Waals surface area (Å²) in [7, 11) is 0. The van der Waals surface area contributed by atoms with Crippen LogP contribution in [0.5, 0.6) is 0 Å². The summed E-state index contributed by atoms with van der Waals surface area (Å²) in [5.41, 5.74) is 0. The summed E-state index contributed by atoms with van der Waals surface area (Å²) in [5.74, 6) is 0. The normalized spacial score (nSPS) is 25.6. The molecule has 11 heavy (non-hydrogen) atoms. The molecule has 1 saturated heterocycles.